The summed E-state index contributed by atoms with van der Waals surface area (Å²) in [5.74, 6) is 0.959. The van der Waals surface area contributed by atoms with Crippen molar-refractivity contribution in [2.75, 3.05) is 38.2 Å². The minimum Gasteiger partial charge on any atom is -0.395 e. The molecule has 0 aromatic heterocycles. The van der Waals surface area contributed by atoms with Crippen LogP contribution in [-0.2, 0) is 0 Å². The lowest BCUT2D eigenvalue weighted by Crippen LogP contribution is -2.26. The average molecular weight is 219 g/mol. The van der Waals surface area contributed by atoms with Crippen LogP contribution in [0.1, 0.15) is 5.56 Å². The Morgan fingerprint density at radius 2 is 2.25 bits per heavy atom. The molecule has 1 aromatic carbocycles. The van der Waals surface area contributed by atoms with Crippen molar-refractivity contribution < 1.29 is 5.11 Å². The number of likely N-dealkylation sites (N-methyl/N-ethyl adjacent to an activating group) is 1. The van der Waals surface area contributed by atoms with Gasteiger partial charge in [-0.05, 0) is 12.1 Å². The topological polar surface area (TPSA) is 47.9 Å². The number of aliphatic imine (C=N–C) groups is 1. The predicted molar refractivity (Wildman–Crippen MR) is 66.2 cm³/mol. The third-order valence-corrected chi connectivity index (χ3v) is 2.68. The SMILES string of the molecule is CN(CCO)c1ccccc1C1=NCCN1. The van der Waals surface area contributed by atoms with Gasteiger partial charge in [0.2, 0.25) is 0 Å². The molecule has 1 heterocycles. The summed E-state index contributed by atoms with van der Waals surface area (Å²) in [5.41, 5.74) is 2.21. The van der Waals surface area contributed by atoms with E-state index in [0.717, 1.165) is 30.2 Å². The first-order valence-corrected chi connectivity index (χ1v) is 5.52. The van der Waals surface area contributed by atoms with Gasteiger partial charge in [-0.15, -0.1) is 0 Å². The second-order valence-electron chi connectivity index (χ2n) is 3.82. The van der Waals surface area contributed by atoms with Crippen LogP contribution in [0.4, 0.5) is 5.69 Å². The average Bonchev–Trinajstić information content (AvgIpc) is 2.83. The Labute approximate surface area is 95.6 Å². The van der Waals surface area contributed by atoms with E-state index in [-0.39, 0.29) is 6.61 Å². The first-order chi connectivity index (χ1) is 7.83. The van der Waals surface area contributed by atoms with Crippen LogP contribution in [0.15, 0.2) is 29.3 Å². The number of aliphatic hydroxyl groups is 1. The number of benzene rings is 1. The van der Waals surface area contributed by atoms with Crippen LogP contribution in [0, 0.1) is 0 Å². The fraction of sp³-hybridized carbons (Fsp3) is 0.417. The molecule has 0 atom stereocenters. The van der Waals surface area contributed by atoms with Gasteiger partial charge in [-0.1, -0.05) is 12.1 Å². The van der Waals surface area contributed by atoms with E-state index in [2.05, 4.69) is 16.4 Å². The number of rotatable bonds is 4. The number of aliphatic hydroxyl groups excluding tert-OH is 1. The summed E-state index contributed by atoms with van der Waals surface area (Å²) in [6, 6.07) is 8.12. The number of anilines is 1. The van der Waals surface area contributed by atoms with Crippen LogP contribution in [0.2, 0.25) is 0 Å². The van der Waals surface area contributed by atoms with Gasteiger partial charge < -0.3 is 15.3 Å². The van der Waals surface area contributed by atoms with Crippen LogP contribution >= 0.6 is 0 Å². The summed E-state index contributed by atoms with van der Waals surface area (Å²) >= 11 is 0. The Hall–Kier alpha value is -1.55. The fourth-order valence-electron chi connectivity index (χ4n) is 1.86. The number of hydrogen-bond acceptors (Lipinski definition) is 4. The molecule has 1 aromatic rings. The number of hydrogen-bond donors (Lipinski definition) is 2. The molecule has 86 valence electrons. The van der Waals surface area contributed by atoms with Gasteiger partial charge in [0.1, 0.15) is 5.84 Å². The largest absolute Gasteiger partial charge is 0.395 e. The van der Waals surface area contributed by atoms with Gasteiger partial charge in [-0.25, -0.2) is 0 Å². The lowest BCUT2D eigenvalue weighted by Gasteiger charge is -2.21. The molecular formula is C12H17N3O. The third kappa shape index (κ3) is 2.17. The number of nitrogens with one attached hydrogen (secondary N) is 1. The zero-order valence-corrected chi connectivity index (χ0v) is 9.48. The summed E-state index contributed by atoms with van der Waals surface area (Å²) in [4.78, 5) is 6.47. The maximum atomic E-state index is 8.97. The van der Waals surface area contributed by atoms with Gasteiger partial charge in [-0.3, -0.25) is 4.99 Å². The van der Waals surface area contributed by atoms with Crippen LogP contribution in [0.3, 0.4) is 0 Å². The molecule has 2 N–H and O–H groups in total. The number of amidine groups is 1. The molecular weight excluding hydrogens is 202 g/mol. The van der Waals surface area contributed by atoms with Gasteiger partial charge >= 0.3 is 0 Å². The van der Waals surface area contributed by atoms with Crippen LogP contribution in [-0.4, -0.2) is 44.2 Å². The Morgan fingerprint density at radius 3 is 2.94 bits per heavy atom. The molecule has 0 saturated heterocycles. The molecule has 4 nitrogen and oxygen atoms in total. The lowest BCUT2D eigenvalue weighted by atomic mass is 10.1. The zero-order valence-electron chi connectivity index (χ0n) is 9.48. The van der Waals surface area contributed by atoms with E-state index >= 15 is 0 Å². The van der Waals surface area contributed by atoms with E-state index in [1.807, 2.05) is 30.1 Å². The molecule has 4 heteroatoms. The minimum absolute atomic E-state index is 0.157. The van der Waals surface area contributed by atoms with Crippen molar-refractivity contribution in [2.45, 2.75) is 0 Å². The fourth-order valence-corrected chi connectivity index (χ4v) is 1.86. The Kier molecular flexibility index (Phi) is 3.41. The van der Waals surface area contributed by atoms with Gasteiger partial charge in [0, 0.05) is 31.4 Å². The minimum atomic E-state index is 0.157. The second-order valence-corrected chi connectivity index (χ2v) is 3.82. The molecule has 0 amide bonds. The first-order valence-electron chi connectivity index (χ1n) is 5.52. The molecule has 0 spiro atoms. The van der Waals surface area contributed by atoms with Crippen molar-refractivity contribution in [3.63, 3.8) is 0 Å². The summed E-state index contributed by atoms with van der Waals surface area (Å²) in [6.45, 7) is 2.54. The van der Waals surface area contributed by atoms with Gasteiger partial charge in [-0.2, -0.15) is 0 Å². The van der Waals surface area contributed by atoms with E-state index in [9.17, 15) is 0 Å². The van der Waals surface area contributed by atoms with Gasteiger partial charge in [0.25, 0.3) is 0 Å². The van der Waals surface area contributed by atoms with Crippen molar-refractivity contribution in [3.05, 3.63) is 29.8 Å². The van der Waals surface area contributed by atoms with Gasteiger partial charge in [0.05, 0.1) is 13.2 Å². The second kappa shape index (κ2) is 4.99. The lowest BCUT2D eigenvalue weighted by molar-refractivity contribution is 0.304. The number of para-hydroxylation sites is 1. The van der Waals surface area contributed by atoms with Crippen LogP contribution < -0.4 is 10.2 Å². The van der Waals surface area contributed by atoms with E-state index in [1.165, 1.54) is 0 Å². The quantitative estimate of drug-likeness (QED) is 0.773. The van der Waals surface area contributed by atoms with E-state index in [4.69, 9.17) is 5.11 Å². The molecule has 1 aliphatic heterocycles. The Balaban J connectivity index is 2.29. The summed E-state index contributed by atoms with van der Waals surface area (Å²) < 4.78 is 0. The van der Waals surface area contributed by atoms with Crippen molar-refractivity contribution >= 4 is 11.5 Å². The molecule has 16 heavy (non-hydrogen) atoms. The predicted octanol–water partition coefficient (Wildman–Crippen LogP) is 0.465. The highest BCUT2D eigenvalue weighted by molar-refractivity contribution is 6.04. The zero-order chi connectivity index (χ0) is 11.4. The van der Waals surface area contributed by atoms with Gasteiger partial charge in [0.15, 0.2) is 0 Å². The third-order valence-electron chi connectivity index (χ3n) is 2.68. The number of nitrogens with zero attached hydrogens (tertiary/aromatic N) is 2. The molecule has 0 radical (unpaired) electrons. The molecule has 0 unspecified atom stereocenters. The normalized spacial score (nSPS) is 14.5. The van der Waals surface area contributed by atoms with Crippen LogP contribution in [0.25, 0.3) is 0 Å². The molecule has 2 rings (SSSR count). The Morgan fingerprint density at radius 1 is 1.44 bits per heavy atom. The summed E-state index contributed by atoms with van der Waals surface area (Å²) in [7, 11) is 1.98. The van der Waals surface area contributed by atoms with Crippen LogP contribution in [0.5, 0.6) is 0 Å². The monoisotopic (exact) mass is 219 g/mol. The molecule has 1 aliphatic rings. The van der Waals surface area contributed by atoms with Crippen molar-refractivity contribution in [3.8, 4) is 0 Å². The standard InChI is InChI=1S/C12H17N3O/c1-15(8-9-16)11-5-3-2-4-10(11)12-13-6-7-14-12/h2-5,16H,6-9H2,1H3,(H,13,14). The molecule has 0 fully saturated rings. The molecule has 0 saturated carbocycles. The van der Waals surface area contributed by atoms with E-state index < -0.39 is 0 Å². The molecule has 0 aliphatic carbocycles. The van der Waals surface area contributed by atoms with Crippen molar-refractivity contribution in [2.24, 2.45) is 4.99 Å². The smallest absolute Gasteiger partial charge is 0.130 e. The van der Waals surface area contributed by atoms with E-state index in [0.29, 0.717) is 6.54 Å². The Bertz CT molecular complexity index is 390. The van der Waals surface area contributed by atoms with E-state index in [1.54, 1.807) is 0 Å². The summed E-state index contributed by atoms with van der Waals surface area (Å²) in [6.07, 6.45) is 0. The summed E-state index contributed by atoms with van der Waals surface area (Å²) in [5, 5.41) is 12.2. The highest BCUT2D eigenvalue weighted by Crippen LogP contribution is 2.19. The van der Waals surface area contributed by atoms with Crippen molar-refractivity contribution in [1.82, 2.24) is 5.32 Å². The maximum Gasteiger partial charge on any atom is 0.130 e. The highest BCUT2D eigenvalue weighted by atomic mass is 16.3. The highest BCUT2D eigenvalue weighted by Gasteiger charge is 2.13. The van der Waals surface area contributed by atoms with Crippen molar-refractivity contribution in [1.29, 1.82) is 0 Å². The first kappa shape index (κ1) is 11.0. The maximum absolute atomic E-state index is 8.97. The molecule has 0 bridgehead atoms.